The maximum Gasteiger partial charge on any atom is 0.119 e. The molecule has 3 heteroatoms. The van der Waals surface area contributed by atoms with Crippen LogP contribution in [-0.2, 0) is 6.42 Å². The second-order valence-electron chi connectivity index (χ2n) is 9.92. The zero-order chi connectivity index (χ0) is 20.8. The van der Waals surface area contributed by atoms with Crippen LogP contribution in [0.2, 0.25) is 0 Å². The number of anilines is 1. The number of rotatable bonds is 4. The molecule has 2 atom stereocenters. The van der Waals surface area contributed by atoms with Gasteiger partial charge in [0.25, 0.3) is 0 Å². The van der Waals surface area contributed by atoms with Crippen LogP contribution < -0.4 is 15.0 Å². The van der Waals surface area contributed by atoms with Crippen LogP contribution in [0, 0.1) is 11.3 Å². The third-order valence-electron chi connectivity index (χ3n) is 7.93. The lowest BCUT2D eigenvalue weighted by atomic mass is 9.68. The monoisotopic (exact) mass is 412 g/mol. The van der Waals surface area contributed by atoms with Gasteiger partial charge in [-0.2, -0.15) is 0 Å². The summed E-state index contributed by atoms with van der Waals surface area (Å²) in [5.74, 6) is 1.94. The van der Waals surface area contributed by atoms with Crippen LogP contribution in [0.1, 0.15) is 41.9 Å². The van der Waals surface area contributed by atoms with Gasteiger partial charge in [-0.1, -0.05) is 36.4 Å². The summed E-state index contributed by atoms with van der Waals surface area (Å²) in [6.07, 6.45) is 11.9. The van der Waals surface area contributed by atoms with Crippen molar-refractivity contribution in [3.8, 4) is 5.75 Å². The number of nitrogens with one attached hydrogen (secondary N) is 1. The second kappa shape index (κ2) is 7.56. The molecule has 6 rings (SSSR count). The van der Waals surface area contributed by atoms with Gasteiger partial charge >= 0.3 is 0 Å². The minimum absolute atomic E-state index is 0.413. The minimum Gasteiger partial charge on any atom is -0.497 e. The maximum atomic E-state index is 5.52. The molecule has 2 unspecified atom stereocenters. The molecular weight excluding hydrogens is 380 g/mol. The van der Waals surface area contributed by atoms with E-state index < -0.39 is 0 Å². The van der Waals surface area contributed by atoms with Crippen LogP contribution in [0.4, 0.5) is 5.69 Å². The highest BCUT2D eigenvalue weighted by Crippen LogP contribution is 2.46. The van der Waals surface area contributed by atoms with Crippen LogP contribution in [0.15, 0.2) is 66.3 Å². The van der Waals surface area contributed by atoms with E-state index in [1.807, 2.05) is 0 Å². The molecule has 2 aromatic rings. The molecule has 2 aromatic carbocycles. The van der Waals surface area contributed by atoms with E-state index in [2.05, 4.69) is 70.9 Å². The number of hydrogen-bond donors (Lipinski definition) is 1. The molecule has 0 saturated carbocycles. The van der Waals surface area contributed by atoms with Gasteiger partial charge in [-0.3, -0.25) is 0 Å². The average molecular weight is 413 g/mol. The Morgan fingerprint density at radius 2 is 1.87 bits per heavy atom. The summed E-state index contributed by atoms with van der Waals surface area (Å²) in [5, 5.41) is 3.44. The van der Waals surface area contributed by atoms with E-state index in [1.165, 1.54) is 73.4 Å². The number of aryl methyl sites for hydroxylation is 1. The fourth-order valence-corrected chi connectivity index (χ4v) is 6.14. The van der Waals surface area contributed by atoms with Crippen molar-refractivity contribution in [2.75, 3.05) is 38.2 Å². The molecular formula is C28H32N2O. The highest BCUT2D eigenvalue weighted by Gasteiger charge is 2.47. The van der Waals surface area contributed by atoms with Gasteiger partial charge in [0.05, 0.1) is 7.11 Å². The van der Waals surface area contributed by atoms with Gasteiger partial charge in [0.1, 0.15) is 5.75 Å². The fraction of sp³-hybridized carbons (Fsp3) is 0.429. The Labute approximate surface area is 185 Å². The van der Waals surface area contributed by atoms with Crippen LogP contribution >= 0.6 is 0 Å². The smallest absolute Gasteiger partial charge is 0.119 e. The summed E-state index contributed by atoms with van der Waals surface area (Å²) in [6.45, 7) is 4.78. The first-order valence-electron chi connectivity index (χ1n) is 11.8. The lowest BCUT2D eigenvalue weighted by molar-refractivity contribution is 0.121. The molecule has 160 valence electrons. The predicted molar refractivity (Wildman–Crippen MR) is 127 cm³/mol. The highest BCUT2D eigenvalue weighted by molar-refractivity contribution is 5.54. The van der Waals surface area contributed by atoms with E-state index in [0.717, 1.165) is 12.2 Å². The molecule has 2 aliphatic heterocycles. The van der Waals surface area contributed by atoms with Crippen molar-refractivity contribution in [1.29, 1.82) is 0 Å². The molecule has 2 heterocycles. The Balaban J connectivity index is 1.33. The molecule has 4 aliphatic rings. The van der Waals surface area contributed by atoms with Gasteiger partial charge in [-0.15, -0.1) is 0 Å². The third-order valence-corrected chi connectivity index (χ3v) is 7.93. The van der Waals surface area contributed by atoms with Crippen LogP contribution in [-0.4, -0.2) is 33.3 Å². The minimum atomic E-state index is 0.413. The summed E-state index contributed by atoms with van der Waals surface area (Å²) < 4.78 is 5.52. The molecule has 0 amide bonds. The molecule has 2 aliphatic carbocycles. The number of ether oxygens (including phenoxy) is 1. The lowest BCUT2D eigenvalue weighted by Crippen LogP contribution is -2.71. The molecule has 0 bridgehead atoms. The fourth-order valence-electron chi connectivity index (χ4n) is 6.14. The second-order valence-corrected chi connectivity index (χ2v) is 9.92. The average Bonchev–Trinajstić information content (AvgIpc) is 2.77. The Bertz CT molecular complexity index is 1020. The van der Waals surface area contributed by atoms with Gasteiger partial charge in [-0.25, -0.2) is 0 Å². The van der Waals surface area contributed by atoms with Crippen molar-refractivity contribution >= 4 is 5.69 Å². The van der Waals surface area contributed by atoms with Crippen LogP contribution in [0.5, 0.6) is 5.75 Å². The Hall–Kier alpha value is -2.52. The third kappa shape index (κ3) is 3.30. The van der Waals surface area contributed by atoms with Gasteiger partial charge in [0, 0.05) is 43.2 Å². The molecule has 0 aromatic heterocycles. The maximum absolute atomic E-state index is 5.52. The number of methoxy groups -OCH3 is 1. The van der Waals surface area contributed by atoms with E-state index in [1.54, 1.807) is 7.11 Å². The standard InChI is InChI=1S/C28H32N2O/c1-31-24-12-14-26-22(15-24)9-13-25(20-5-3-2-4-6-20)27(26)21-7-10-23(11-8-21)30-18-28(19-30)16-29-17-28/h3,5-8,10-12,14-15,25,27,29H,2,4,9,13,16-19H2,1H3. The van der Waals surface area contributed by atoms with Gasteiger partial charge in [0.15, 0.2) is 0 Å². The van der Waals surface area contributed by atoms with E-state index in [9.17, 15) is 0 Å². The summed E-state index contributed by atoms with van der Waals surface area (Å²) >= 11 is 0. The quantitative estimate of drug-likeness (QED) is 0.758. The van der Waals surface area contributed by atoms with Crippen molar-refractivity contribution < 1.29 is 4.74 Å². The first-order valence-corrected chi connectivity index (χ1v) is 11.8. The molecule has 3 nitrogen and oxygen atoms in total. The Morgan fingerprint density at radius 3 is 2.55 bits per heavy atom. The predicted octanol–water partition coefficient (Wildman–Crippen LogP) is 5.08. The number of allylic oxidation sites excluding steroid dienone is 4. The topological polar surface area (TPSA) is 24.5 Å². The van der Waals surface area contributed by atoms with Crippen molar-refractivity contribution in [2.45, 2.75) is 31.6 Å². The molecule has 1 spiro atoms. The molecule has 31 heavy (non-hydrogen) atoms. The van der Waals surface area contributed by atoms with E-state index in [-0.39, 0.29) is 0 Å². The van der Waals surface area contributed by atoms with Crippen molar-refractivity contribution in [3.63, 3.8) is 0 Å². The normalized spacial score (nSPS) is 26.0. The molecule has 0 radical (unpaired) electrons. The van der Waals surface area contributed by atoms with Crippen LogP contribution in [0.3, 0.4) is 0 Å². The largest absolute Gasteiger partial charge is 0.497 e. The zero-order valence-corrected chi connectivity index (χ0v) is 18.4. The van der Waals surface area contributed by atoms with Crippen molar-refractivity contribution in [3.05, 3.63) is 83.0 Å². The highest BCUT2D eigenvalue weighted by atomic mass is 16.5. The molecule has 2 fully saturated rings. The Kier molecular flexibility index (Phi) is 4.68. The van der Waals surface area contributed by atoms with Crippen LogP contribution in [0.25, 0.3) is 0 Å². The summed E-state index contributed by atoms with van der Waals surface area (Å²) in [5.41, 5.74) is 7.84. The lowest BCUT2D eigenvalue weighted by Gasteiger charge is -2.57. The van der Waals surface area contributed by atoms with Gasteiger partial charge in [-0.05, 0) is 78.1 Å². The van der Waals surface area contributed by atoms with E-state index in [0.29, 0.717) is 17.3 Å². The van der Waals surface area contributed by atoms with Gasteiger partial charge < -0.3 is 15.0 Å². The first-order chi connectivity index (χ1) is 15.2. The SMILES string of the molecule is COc1ccc2c(c1)CCC(C1=CCCC=C1)C2c1ccc(N2CC3(CNC3)C2)cc1. The first kappa shape index (κ1) is 19.2. The number of fused-ring (bicyclic) bond motifs is 1. The molecule has 1 N–H and O–H groups in total. The van der Waals surface area contributed by atoms with E-state index in [4.69, 9.17) is 4.74 Å². The summed E-state index contributed by atoms with van der Waals surface area (Å²) in [4.78, 5) is 2.54. The number of hydrogen-bond acceptors (Lipinski definition) is 3. The zero-order valence-electron chi connectivity index (χ0n) is 18.4. The Morgan fingerprint density at radius 1 is 1.03 bits per heavy atom. The number of nitrogens with zero attached hydrogens (tertiary/aromatic N) is 1. The van der Waals surface area contributed by atoms with Crippen molar-refractivity contribution in [2.24, 2.45) is 11.3 Å². The van der Waals surface area contributed by atoms with Crippen molar-refractivity contribution in [1.82, 2.24) is 5.32 Å². The van der Waals surface area contributed by atoms with E-state index >= 15 is 0 Å². The number of benzene rings is 2. The molecule has 2 saturated heterocycles. The van der Waals surface area contributed by atoms with Gasteiger partial charge in [0.2, 0.25) is 0 Å². The summed E-state index contributed by atoms with van der Waals surface area (Å²) in [6, 6.07) is 16.2. The summed E-state index contributed by atoms with van der Waals surface area (Å²) in [7, 11) is 1.76.